The molecule has 0 aliphatic heterocycles. The minimum atomic E-state index is -0.516. The second kappa shape index (κ2) is 10.9. The van der Waals surface area contributed by atoms with Gasteiger partial charge in [0.1, 0.15) is 17.3 Å². The molecule has 0 fully saturated rings. The van der Waals surface area contributed by atoms with E-state index in [1.807, 2.05) is 54.6 Å². The molecule has 0 aliphatic carbocycles. The van der Waals surface area contributed by atoms with Crippen LogP contribution in [0.2, 0.25) is 0 Å². The van der Waals surface area contributed by atoms with Crippen LogP contribution >= 0.6 is 0 Å². The molecule has 0 radical (unpaired) electrons. The fourth-order valence-corrected chi connectivity index (χ4v) is 3.25. The third-order valence-electron chi connectivity index (χ3n) is 5.04. The van der Waals surface area contributed by atoms with E-state index in [0.29, 0.717) is 11.3 Å². The van der Waals surface area contributed by atoms with Gasteiger partial charge in [-0.3, -0.25) is 9.59 Å². The van der Waals surface area contributed by atoms with E-state index >= 15 is 0 Å². The standard InChI is InChI=1S/C26H22FN5O3/c1-35-23-13-9-18(10-14-23)25-20(17-32(31-25)22-5-3-2-4-6-22)15-29-30-24(33)16-28-26(34)19-7-11-21(27)12-8-19/h2-15,17H,16H2,1H3,(H,28,34)(H,30,33)/b29-15+. The summed E-state index contributed by atoms with van der Waals surface area (Å²) in [5.74, 6) is -0.729. The molecule has 35 heavy (non-hydrogen) atoms. The Morgan fingerprint density at radius 2 is 1.74 bits per heavy atom. The van der Waals surface area contributed by atoms with E-state index in [9.17, 15) is 14.0 Å². The number of rotatable bonds is 8. The number of hydrogen-bond acceptors (Lipinski definition) is 5. The maximum absolute atomic E-state index is 13.0. The highest BCUT2D eigenvalue weighted by atomic mass is 19.1. The Bertz CT molecular complexity index is 1330. The average molecular weight is 471 g/mol. The minimum absolute atomic E-state index is 0.250. The predicted molar refractivity (Wildman–Crippen MR) is 130 cm³/mol. The van der Waals surface area contributed by atoms with Gasteiger partial charge in [0.15, 0.2) is 0 Å². The van der Waals surface area contributed by atoms with Gasteiger partial charge in [-0.2, -0.15) is 10.2 Å². The Morgan fingerprint density at radius 1 is 1.03 bits per heavy atom. The van der Waals surface area contributed by atoms with Crippen LogP contribution in [0.15, 0.2) is 90.2 Å². The Morgan fingerprint density at radius 3 is 2.43 bits per heavy atom. The Labute approximate surface area is 201 Å². The van der Waals surface area contributed by atoms with Crippen molar-refractivity contribution in [3.05, 3.63) is 102 Å². The van der Waals surface area contributed by atoms with Crippen molar-refractivity contribution in [2.45, 2.75) is 0 Å². The Balaban J connectivity index is 1.46. The number of para-hydroxylation sites is 1. The van der Waals surface area contributed by atoms with Gasteiger partial charge >= 0.3 is 0 Å². The van der Waals surface area contributed by atoms with E-state index in [4.69, 9.17) is 9.84 Å². The molecule has 0 saturated carbocycles. The van der Waals surface area contributed by atoms with Crippen molar-refractivity contribution >= 4 is 18.0 Å². The molecule has 8 nitrogen and oxygen atoms in total. The first-order chi connectivity index (χ1) is 17.0. The summed E-state index contributed by atoms with van der Waals surface area (Å²) in [6.07, 6.45) is 3.30. The molecule has 4 aromatic rings. The highest BCUT2D eigenvalue weighted by molar-refractivity contribution is 5.96. The van der Waals surface area contributed by atoms with Crippen LogP contribution in [-0.2, 0) is 4.79 Å². The van der Waals surface area contributed by atoms with E-state index in [2.05, 4.69) is 15.8 Å². The third kappa shape index (κ3) is 5.97. The number of ether oxygens (including phenoxy) is 1. The van der Waals surface area contributed by atoms with Crippen LogP contribution in [-0.4, -0.2) is 41.5 Å². The number of aromatic nitrogens is 2. The summed E-state index contributed by atoms with van der Waals surface area (Å²) in [5.41, 5.74) is 5.70. The molecule has 2 amide bonds. The molecule has 0 spiro atoms. The van der Waals surface area contributed by atoms with Gasteiger partial charge in [0.25, 0.3) is 11.8 Å². The zero-order valence-corrected chi connectivity index (χ0v) is 18.8. The second-order valence-electron chi connectivity index (χ2n) is 7.42. The molecular formula is C26H22FN5O3. The summed E-state index contributed by atoms with van der Waals surface area (Å²) in [5, 5.41) is 11.2. The number of benzene rings is 3. The van der Waals surface area contributed by atoms with E-state index in [1.54, 1.807) is 18.0 Å². The summed E-state index contributed by atoms with van der Waals surface area (Å²) in [6.45, 7) is -0.290. The predicted octanol–water partition coefficient (Wildman–Crippen LogP) is 3.57. The molecule has 3 aromatic carbocycles. The van der Waals surface area contributed by atoms with Crippen LogP contribution in [0.5, 0.6) is 5.75 Å². The molecule has 1 aromatic heterocycles. The van der Waals surface area contributed by atoms with E-state index in [1.165, 1.54) is 30.5 Å². The molecule has 2 N–H and O–H groups in total. The van der Waals surface area contributed by atoms with Crippen molar-refractivity contribution in [3.63, 3.8) is 0 Å². The zero-order valence-electron chi connectivity index (χ0n) is 18.8. The molecule has 1 heterocycles. The second-order valence-corrected chi connectivity index (χ2v) is 7.42. The topological polar surface area (TPSA) is 97.6 Å². The highest BCUT2D eigenvalue weighted by Crippen LogP contribution is 2.25. The molecule has 9 heteroatoms. The van der Waals surface area contributed by atoms with Crippen LogP contribution in [0.4, 0.5) is 4.39 Å². The number of halogens is 1. The van der Waals surface area contributed by atoms with Crippen LogP contribution < -0.4 is 15.5 Å². The number of nitrogens with zero attached hydrogens (tertiary/aromatic N) is 3. The summed E-state index contributed by atoms with van der Waals surface area (Å²) >= 11 is 0. The molecule has 0 bridgehead atoms. The third-order valence-corrected chi connectivity index (χ3v) is 5.04. The van der Waals surface area contributed by atoms with Gasteiger partial charge in [-0.25, -0.2) is 14.5 Å². The first-order valence-corrected chi connectivity index (χ1v) is 10.7. The largest absolute Gasteiger partial charge is 0.497 e. The maximum atomic E-state index is 13.0. The van der Waals surface area contributed by atoms with Crippen molar-refractivity contribution < 1.29 is 18.7 Å². The molecule has 0 unspecified atom stereocenters. The molecule has 0 saturated heterocycles. The smallest absolute Gasteiger partial charge is 0.259 e. The normalized spacial score (nSPS) is 10.8. The van der Waals surface area contributed by atoms with Crippen LogP contribution in [0.25, 0.3) is 16.9 Å². The highest BCUT2D eigenvalue weighted by Gasteiger charge is 2.12. The number of nitrogens with one attached hydrogen (secondary N) is 2. The van der Waals surface area contributed by atoms with Gasteiger partial charge in [0.2, 0.25) is 0 Å². The van der Waals surface area contributed by atoms with Gasteiger partial charge in [-0.05, 0) is 60.7 Å². The van der Waals surface area contributed by atoms with Gasteiger partial charge in [-0.1, -0.05) is 18.2 Å². The van der Waals surface area contributed by atoms with Crippen molar-refractivity contribution in [1.29, 1.82) is 0 Å². The lowest BCUT2D eigenvalue weighted by Gasteiger charge is -2.04. The summed E-state index contributed by atoms with van der Waals surface area (Å²) < 4.78 is 19.9. The Kier molecular flexibility index (Phi) is 7.27. The number of methoxy groups -OCH3 is 1. The molecular weight excluding hydrogens is 449 g/mol. The van der Waals surface area contributed by atoms with Gasteiger partial charge in [0, 0.05) is 22.9 Å². The van der Waals surface area contributed by atoms with E-state index in [0.717, 1.165) is 17.0 Å². The van der Waals surface area contributed by atoms with Gasteiger partial charge in [0.05, 0.1) is 25.6 Å². The number of hydrazone groups is 1. The lowest BCUT2D eigenvalue weighted by molar-refractivity contribution is -0.120. The Hall–Kier alpha value is -4.79. The maximum Gasteiger partial charge on any atom is 0.259 e. The number of amides is 2. The number of carbonyl (C=O) groups is 2. The fourth-order valence-electron chi connectivity index (χ4n) is 3.25. The van der Waals surface area contributed by atoms with Crippen LogP contribution in [0.1, 0.15) is 15.9 Å². The SMILES string of the molecule is COc1ccc(-c2nn(-c3ccccc3)cc2/C=N/NC(=O)CNC(=O)c2ccc(F)cc2)cc1. The van der Waals surface area contributed by atoms with Crippen molar-refractivity contribution in [3.8, 4) is 22.7 Å². The minimum Gasteiger partial charge on any atom is -0.497 e. The van der Waals surface area contributed by atoms with Gasteiger partial charge in [-0.15, -0.1) is 0 Å². The van der Waals surface area contributed by atoms with Crippen LogP contribution in [0.3, 0.4) is 0 Å². The van der Waals surface area contributed by atoms with Crippen molar-refractivity contribution in [1.82, 2.24) is 20.5 Å². The van der Waals surface area contributed by atoms with Gasteiger partial charge < -0.3 is 10.1 Å². The fraction of sp³-hybridized carbons (Fsp3) is 0.0769. The quantitative estimate of drug-likeness (QED) is 0.303. The zero-order chi connectivity index (χ0) is 24.6. The van der Waals surface area contributed by atoms with Crippen LogP contribution in [0, 0.1) is 5.82 Å². The number of hydrogen-bond donors (Lipinski definition) is 2. The number of carbonyl (C=O) groups excluding carboxylic acids is 2. The lowest BCUT2D eigenvalue weighted by Crippen LogP contribution is -2.34. The summed E-state index contributed by atoms with van der Waals surface area (Å²) in [7, 11) is 1.60. The summed E-state index contributed by atoms with van der Waals surface area (Å²) in [6, 6.07) is 22.1. The first-order valence-electron chi connectivity index (χ1n) is 10.7. The monoisotopic (exact) mass is 471 g/mol. The lowest BCUT2D eigenvalue weighted by atomic mass is 10.1. The van der Waals surface area contributed by atoms with Crippen molar-refractivity contribution in [2.24, 2.45) is 5.10 Å². The summed E-state index contributed by atoms with van der Waals surface area (Å²) in [4.78, 5) is 24.2. The first kappa shape index (κ1) is 23.4. The molecule has 176 valence electrons. The van der Waals surface area contributed by atoms with Crippen molar-refractivity contribution in [2.75, 3.05) is 13.7 Å². The average Bonchev–Trinajstić information content (AvgIpc) is 3.32. The van der Waals surface area contributed by atoms with E-state index < -0.39 is 17.6 Å². The molecule has 0 aliphatic rings. The molecule has 4 rings (SSSR count). The van der Waals surface area contributed by atoms with E-state index in [-0.39, 0.29) is 12.1 Å². The molecule has 0 atom stereocenters.